The third-order valence-electron chi connectivity index (χ3n) is 4.29. The molecule has 170 valence electrons. The van der Waals surface area contributed by atoms with Crippen LogP contribution in [0.3, 0.4) is 0 Å². The molecule has 2 aromatic rings. The lowest BCUT2D eigenvalue weighted by molar-refractivity contribution is -0.384. The van der Waals surface area contributed by atoms with Gasteiger partial charge in [-0.3, -0.25) is 10.1 Å². The van der Waals surface area contributed by atoms with Crippen molar-refractivity contribution in [1.82, 2.24) is 4.31 Å². The van der Waals surface area contributed by atoms with Crippen LogP contribution in [0.1, 0.15) is 22.7 Å². The zero-order valence-corrected chi connectivity index (χ0v) is 16.4. The summed E-state index contributed by atoms with van der Waals surface area (Å²) in [5.41, 5.74) is 1.23. The highest BCUT2D eigenvalue weighted by molar-refractivity contribution is 7.89. The van der Waals surface area contributed by atoms with Gasteiger partial charge < -0.3 is 5.73 Å². The Morgan fingerprint density at radius 3 is 1.97 bits per heavy atom. The zero-order valence-electron chi connectivity index (χ0n) is 15.6. The maximum atomic E-state index is 13.1. The molecule has 14 heteroatoms. The number of nitro groups is 1. The number of rotatable bonds is 6. The predicted octanol–water partition coefficient (Wildman–Crippen LogP) is 3.95. The fraction of sp³-hybridized carbons (Fsp3) is 0.294. The van der Waals surface area contributed by atoms with Crippen LogP contribution in [0.5, 0.6) is 0 Å². The highest BCUT2D eigenvalue weighted by atomic mass is 32.2. The number of benzene rings is 2. The Morgan fingerprint density at radius 1 is 1.00 bits per heavy atom. The van der Waals surface area contributed by atoms with Gasteiger partial charge in [-0.1, -0.05) is 6.07 Å². The minimum absolute atomic E-state index is 0.236. The summed E-state index contributed by atoms with van der Waals surface area (Å²) in [6.45, 7) is -0.567. The third kappa shape index (κ3) is 5.51. The quantitative estimate of drug-likeness (QED) is 0.390. The molecule has 0 aliphatic carbocycles. The van der Waals surface area contributed by atoms with Crippen molar-refractivity contribution < 1.29 is 39.7 Å². The average Bonchev–Trinajstić information content (AvgIpc) is 2.66. The van der Waals surface area contributed by atoms with Crippen molar-refractivity contribution in [2.45, 2.75) is 23.3 Å². The van der Waals surface area contributed by atoms with Gasteiger partial charge >= 0.3 is 12.4 Å². The van der Waals surface area contributed by atoms with Crippen molar-refractivity contribution in [3.05, 3.63) is 69.3 Å². The summed E-state index contributed by atoms with van der Waals surface area (Å²) >= 11 is 0. The largest absolute Gasteiger partial charge is 0.417 e. The van der Waals surface area contributed by atoms with Crippen LogP contribution in [0, 0.1) is 10.1 Å². The first-order valence-electron chi connectivity index (χ1n) is 8.30. The molecular formula is C17H15F6N3O4S. The van der Waals surface area contributed by atoms with Crippen LogP contribution in [-0.4, -0.2) is 31.2 Å². The molecule has 2 aromatic carbocycles. The van der Waals surface area contributed by atoms with Gasteiger partial charge in [0.15, 0.2) is 0 Å². The SMILES string of the molecule is CN(C[C@@H](N)c1ccc(C(F)(F)F)c(C(F)(F)F)c1)S(=O)(=O)c1ccc([N+](=O)[O-])cc1. The maximum absolute atomic E-state index is 13.1. The van der Waals surface area contributed by atoms with Gasteiger partial charge in [-0.25, -0.2) is 8.42 Å². The number of non-ortho nitro benzene ring substituents is 1. The van der Waals surface area contributed by atoms with E-state index in [2.05, 4.69) is 0 Å². The van der Waals surface area contributed by atoms with Crippen LogP contribution in [0.2, 0.25) is 0 Å². The molecule has 0 amide bonds. The van der Waals surface area contributed by atoms with E-state index in [4.69, 9.17) is 5.73 Å². The van der Waals surface area contributed by atoms with Crippen molar-refractivity contribution in [3.8, 4) is 0 Å². The van der Waals surface area contributed by atoms with E-state index < -0.39 is 51.0 Å². The van der Waals surface area contributed by atoms with E-state index in [9.17, 15) is 44.9 Å². The van der Waals surface area contributed by atoms with Crippen molar-refractivity contribution in [2.24, 2.45) is 5.73 Å². The van der Waals surface area contributed by atoms with Crippen molar-refractivity contribution >= 4 is 15.7 Å². The number of halogens is 6. The summed E-state index contributed by atoms with van der Waals surface area (Å²) in [5.74, 6) is 0. The molecular weight excluding hydrogens is 456 g/mol. The third-order valence-corrected chi connectivity index (χ3v) is 6.13. The number of nitrogens with zero attached hydrogens (tertiary/aromatic N) is 2. The Kier molecular flexibility index (Phi) is 6.68. The lowest BCUT2D eigenvalue weighted by Gasteiger charge is -2.23. The van der Waals surface area contributed by atoms with Gasteiger partial charge in [0.2, 0.25) is 10.0 Å². The van der Waals surface area contributed by atoms with E-state index in [0.717, 1.165) is 37.4 Å². The Bertz CT molecular complexity index is 1070. The Morgan fingerprint density at radius 2 is 1.52 bits per heavy atom. The fourth-order valence-corrected chi connectivity index (χ4v) is 3.87. The summed E-state index contributed by atoms with van der Waals surface area (Å²) in [4.78, 5) is 9.59. The standard InChI is InChI=1S/C17H15F6N3O4S/c1-25(31(29,30)12-5-3-11(4-6-12)26(27)28)9-15(24)10-2-7-13(16(18,19)20)14(8-10)17(21,22)23/h2-8,15H,9,24H2,1H3/t15-/m1/s1. The Hall–Kier alpha value is -2.71. The highest BCUT2D eigenvalue weighted by Gasteiger charge is 2.43. The molecule has 0 bridgehead atoms. The van der Waals surface area contributed by atoms with Crippen molar-refractivity contribution in [2.75, 3.05) is 13.6 Å². The van der Waals surface area contributed by atoms with Gasteiger partial charge in [-0.05, 0) is 29.8 Å². The first-order chi connectivity index (χ1) is 14.0. The Labute approximate surface area is 172 Å². The fourth-order valence-electron chi connectivity index (χ4n) is 2.67. The van der Waals surface area contributed by atoms with E-state index in [1.165, 1.54) is 0 Å². The monoisotopic (exact) mass is 471 g/mol. The van der Waals surface area contributed by atoms with Crippen molar-refractivity contribution in [1.29, 1.82) is 0 Å². The van der Waals surface area contributed by atoms with E-state index >= 15 is 0 Å². The maximum Gasteiger partial charge on any atom is 0.417 e. The molecule has 31 heavy (non-hydrogen) atoms. The number of hydrogen-bond acceptors (Lipinski definition) is 5. The second kappa shape index (κ2) is 8.43. The van der Waals surface area contributed by atoms with Gasteiger partial charge in [0.05, 0.1) is 20.9 Å². The van der Waals surface area contributed by atoms with Crippen LogP contribution in [0.4, 0.5) is 32.0 Å². The average molecular weight is 471 g/mol. The lowest BCUT2D eigenvalue weighted by atomic mass is 9.99. The normalized spacial score (nSPS) is 14.0. The van der Waals surface area contributed by atoms with Crippen LogP contribution in [0.15, 0.2) is 47.4 Å². The molecule has 0 aliphatic heterocycles. The van der Waals surface area contributed by atoms with Gasteiger partial charge in [-0.2, -0.15) is 30.6 Å². The van der Waals surface area contributed by atoms with Gasteiger partial charge in [0.25, 0.3) is 5.69 Å². The van der Waals surface area contributed by atoms with Gasteiger partial charge in [0, 0.05) is 31.8 Å². The lowest BCUT2D eigenvalue weighted by Crippen LogP contribution is -2.34. The number of likely N-dealkylation sites (N-methyl/N-ethyl adjacent to an activating group) is 1. The second-order valence-electron chi connectivity index (χ2n) is 6.44. The first kappa shape index (κ1) is 24.6. The van der Waals surface area contributed by atoms with Crippen LogP contribution < -0.4 is 5.73 Å². The molecule has 0 radical (unpaired) electrons. The molecule has 0 spiro atoms. The minimum Gasteiger partial charge on any atom is -0.323 e. The van der Waals surface area contributed by atoms with E-state index in [0.29, 0.717) is 4.31 Å². The van der Waals surface area contributed by atoms with Crippen LogP contribution in [0.25, 0.3) is 0 Å². The number of nitro benzene ring substituents is 1. The number of hydrogen-bond donors (Lipinski definition) is 1. The number of sulfonamides is 1. The molecule has 0 aliphatic rings. The zero-order chi connectivity index (χ0) is 23.8. The topological polar surface area (TPSA) is 107 Å². The van der Waals surface area contributed by atoms with E-state index in [-0.39, 0.29) is 28.3 Å². The van der Waals surface area contributed by atoms with Crippen LogP contribution in [-0.2, 0) is 22.4 Å². The summed E-state index contributed by atoms with van der Waals surface area (Å²) in [6, 6.07) is 3.67. The molecule has 1 atom stereocenters. The smallest absolute Gasteiger partial charge is 0.323 e. The Balaban J connectivity index is 2.31. The summed E-state index contributed by atoms with van der Waals surface area (Å²) in [5, 5.41) is 10.7. The minimum atomic E-state index is -5.31. The summed E-state index contributed by atoms with van der Waals surface area (Å²) < 4.78 is 104. The van der Waals surface area contributed by atoms with Gasteiger partial charge in [0.1, 0.15) is 0 Å². The summed E-state index contributed by atoms with van der Waals surface area (Å²) in [6.07, 6.45) is -10.6. The molecule has 0 aromatic heterocycles. The molecule has 2 N–H and O–H groups in total. The molecule has 2 rings (SSSR count). The van der Waals surface area contributed by atoms with Crippen LogP contribution >= 0.6 is 0 Å². The molecule has 0 saturated heterocycles. The van der Waals surface area contributed by atoms with E-state index in [1.807, 2.05) is 0 Å². The van der Waals surface area contributed by atoms with E-state index in [1.54, 1.807) is 0 Å². The number of alkyl halides is 6. The predicted molar refractivity (Wildman–Crippen MR) is 96.3 cm³/mol. The first-order valence-corrected chi connectivity index (χ1v) is 9.74. The molecule has 0 saturated carbocycles. The number of nitrogens with two attached hydrogens (primary N) is 1. The summed E-state index contributed by atoms with van der Waals surface area (Å²) in [7, 11) is -3.17. The molecule has 0 unspecified atom stereocenters. The van der Waals surface area contributed by atoms with Gasteiger partial charge in [-0.15, -0.1) is 0 Å². The molecule has 0 heterocycles. The highest BCUT2D eigenvalue weighted by Crippen LogP contribution is 2.41. The second-order valence-corrected chi connectivity index (χ2v) is 8.49. The van der Waals surface area contributed by atoms with Crippen molar-refractivity contribution in [3.63, 3.8) is 0 Å². The molecule has 7 nitrogen and oxygen atoms in total. The molecule has 0 fully saturated rings.